The topological polar surface area (TPSA) is 40.5 Å². The number of piperidine rings is 1. The maximum absolute atomic E-state index is 12.2. The lowest BCUT2D eigenvalue weighted by molar-refractivity contribution is -0.134. The van der Waals surface area contributed by atoms with Gasteiger partial charge in [-0.25, -0.2) is 0 Å². The second-order valence-corrected chi connectivity index (χ2v) is 5.52. The van der Waals surface area contributed by atoms with Crippen LogP contribution in [0.15, 0.2) is 30.3 Å². The maximum Gasteiger partial charge on any atom is 0.142 e. The molecule has 4 atom stereocenters. The van der Waals surface area contributed by atoms with Crippen molar-refractivity contribution in [2.24, 2.45) is 5.92 Å². The van der Waals surface area contributed by atoms with Crippen molar-refractivity contribution in [2.45, 2.75) is 37.5 Å². The van der Waals surface area contributed by atoms with Crippen molar-refractivity contribution in [2.75, 3.05) is 7.05 Å². The SMILES string of the molecule is CN1[C@H]2CC[C@@H]1[C@@H](C(O)c1ccccc1)C(=O)C2. The van der Waals surface area contributed by atoms with Gasteiger partial charge in [-0.3, -0.25) is 9.69 Å². The molecular weight excluding hydrogens is 226 g/mol. The zero-order valence-corrected chi connectivity index (χ0v) is 10.6. The van der Waals surface area contributed by atoms with Crippen LogP contribution in [0.5, 0.6) is 0 Å². The molecule has 0 aliphatic carbocycles. The number of hydrogen-bond donors (Lipinski definition) is 1. The van der Waals surface area contributed by atoms with E-state index < -0.39 is 6.10 Å². The lowest BCUT2D eigenvalue weighted by atomic mass is 9.82. The minimum absolute atomic E-state index is 0.214. The minimum Gasteiger partial charge on any atom is -0.388 e. The summed E-state index contributed by atoms with van der Waals surface area (Å²) >= 11 is 0. The third-order valence-corrected chi connectivity index (χ3v) is 4.60. The Balaban J connectivity index is 1.89. The summed E-state index contributed by atoms with van der Waals surface area (Å²) in [5, 5.41) is 10.5. The molecule has 2 saturated heterocycles. The molecular formula is C15H19NO2. The Kier molecular flexibility index (Phi) is 2.96. The van der Waals surface area contributed by atoms with E-state index in [1.54, 1.807) is 0 Å². The normalized spacial score (nSPS) is 33.7. The van der Waals surface area contributed by atoms with Gasteiger partial charge in [0.25, 0.3) is 0 Å². The molecule has 2 aliphatic heterocycles. The van der Waals surface area contributed by atoms with E-state index in [2.05, 4.69) is 11.9 Å². The summed E-state index contributed by atoms with van der Waals surface area (Å²) in [6.07, 6.45) is 2.05. The summed E-state index contributed by atoms with van der Waals surface area (Å²) in [7, 11) is 2.08. The largest absolute Gasteiger partial charge is 0.388 e. The lowest BCUT2D eigenvalue weighted by Crippen LogP contribution is -2.49. The van der Waals surface area contributed by atoms with Gasteiger partial charge in [0.2, 0.25) is 0 Å². The first kappa shape index (κ1) is 11.9. The number of hydrogen-bond acceptors (Lipinski definition) is 3. The van der Waals surface area contributed by atoms with Crippen molar-refractivity contribution in [3.8, 4) is 0 Å². The van der Waals surface area contributed by atoms with E-state index in [1.807, 2.05) is 30.3 Å². The van der Waals surface area contributed by atoms with Gasteiger partial charge >= 0.3 is 0 Å². The lowest BCUT2D eigenvalue weighted by Gasteiger charge is -2.38. The summed E-state index contributed by atoms with van der Waals surface area (Å²) in [6.45, 7) is 0. The molecule has 3 rings (SSSR count). The van der Waals surface area contributed by atoms with Crippen LogP contribution in [-0.2, 0) is 4.79 Å². The molecule has 18 heavy (non-hydrogen) atoms. The highest BCUT2D eigenvalue weighted by atomic mass is 16.3. The second kappa shape index (κ2) is 4.48. The van der Waals surface area contributed by atoms with Crippen LogP contribution in [0.2, 0.25) is 0 Å². The van der Waals surface area contributed by atoms with Gasteiger partial charge in [-0.1, -0.05) is 30.3 Å². The Morgan fingerprint density at radius 2 is 2.00 bits per heavy atom. The predicted molar refractivity (Wildman–Crippen MR) is 69.1 cm³/mol. The van der Waals surface area contributed by atoms with Gasteiger partial charge < -0.3 is 5.11 Å². The highest BCUT2D eigenvalue weighted by Gasteiger charge is 2.47. The zero-order chi connectivity index (χ0) is 12.7. The number of benzene rings is 1. The molecule has 1 aromatic rings. The molecule has 96 valence electrons. The molecule has 0 spiro atoms. The molecule has 0 radical (unpaired) electrons. The summed E-state index contributed by atoms with van der Waals surface area (Å²) in [5.74, 6) is -0.0203. The van der Waals surface area contributed by atoms with Crippen molar-refractivity contribution in [3.05, 3.63) is 35.9 Å². The fraction of sp³-hybridized carbons (Fsp3) is 0.533. The number of nitrogens with zero attached hydrogens (tertiary/aromatic N) is 1. The highest BCUT2D eigenvalue weighted by Crippen LogP contribution is 2.41. The molecule has 1 unspecified atom stereocenters. The van der Waals surface area contributed by atoms with Gasteiger partial charge in [-0.2, -0.15) is 0 Å². The van der Waals surface area contributed by atoms with Gasteiger partial charge in [0, 0.05) is 18.5 Å². The molecule has 2 bridgehead atoms. The van der Waals surface area contributed by atoms with Crippen molar-refractivity contribution in [3.63, 3.8) is 0 Å². The standard InChI is InChI=1S/C15H19NO2/c1-16-11-7-8-12(16)14(13(17)9-11)15(18)10-5-3-2-4-6-10/h2-6,11-12,14-15,18H,7-9H2,1H3/t11-,12+,14+,15?/m0/s1. The average molecular weight is 245 g/mol. The van der Waals surface area contributed by atoms with Crippen LogP contribution in [0, 0.1) is 5.92 Å². The first-order valence-corrected chi connectivity index (χ1v) is 6.66. The van der Waals surface area contributed by atoms with E-state index in [4.69, 9.17) is 0 Å². The number of aliphatic hydroxyl groups excluding tert-OH is 1. The van der Waals surface area contributed by atoms with Crippen molar-refractivity contribution < 1.29 is 9.90 Å². The van der Waals surface area contributed by atoms with Crippen LogP contribution in [-0.4, -0.2) is 34.9 Å². The van der Waals surface area contributed by atoms with E-state index in [0.29, 0.717) is 12.5 Å². The molecule has 2 aliphatic rings. The monoisotopic (exact) mass is 245 g/mol. The molecule has 1 N–H and O–H groups in total. The van der Waals surface area contributed by atoms with E-state index in [1.165, 1.54) is 0 Å². The number of carbonyl (C=O) groups excluding carboxylic acids is 1. The van der Waals surface area contributed by atoms with Crippen LogP contribution < -0.4 is 0 Å². The summed E-state index contributed by atoms with van der Waals surface area (Å²) in [6, 6.07) is 10.2. The molecule has 0 aromatic heterocycles. The first-order valence-electron chi connectivity index (χ1n) is 6.66. The van der Waals surface area contributed by atoms with Crippen LogP contribution in [0.4, 0.5) is 0 Å². The van der Waals surface area contributed by atoms with Gasteiger partial charge in [-0.15, -0.1) is 0 Å². The fourth-order valence-electron chi connectivity index (χ4n) is 3.55. The quantitative estimate of drug-likeness (QED) is 0.863. The smallest absolute Gasteiger partial charge is 0.142 e. The Bertz CT molecular complexity index is 445. The number of ketones is 1. The van der Waals surface area contributed by atoms with Gasteiger partial charge in [0.1, 0.15) is 5.78 Å². The van der Waals surface area contributed by atoms with Crippen molar-refractivity contribution >= 4 is 5.78 Å². The Labute approximate surface area is 107 Å². The second-order valence-electron chi connectivity index (χ2n) is 5.52. The Morgan fingerprint density at radius 3 is 2.72 bits per heavy atom. The van der Waals surface area contributed by atoms with Gasteiger partial charge in [0.05, 0.1) is 12.0 Å². The van der Waals surface area contributed by atoms with E-state index >= 15 is 0 Å². The summed E-state index contributed by atoms with van der Waals surface area (Å²) in [5.41, 5.74) is 0.856. The van der Waals surface area contributed by atoms with E-state index in [9.17, 15) is 9.90 Å². The van der Waals surface area contributed by atoms with Crippen LogP contribution in [0.3, 0.4) is 0 Å². The number of fused-ring (bicyclic) bond motifs is 2. The Morgan fingerprint density at radius 1 is 1.28 bits per heavy atom. The number of aliphatic hydroxyl groups is 1. The summed E-state index contributed by atoms with van der Waals surface area (Å²) < 4.78 is 0. The Hall–Kier alpha value is -1.19. The molecule has 0 saturated carbocycles. The minimum atomic E-state index is -0.662. The highest BCUT2D eigenvalue weighted by molar-refractivity contribution is 5.84. The molecule has 2 fully saturated rings. The third-order valence-electron chi connectivity index (χ3n) is 4.60. The molecule has 3 heteroatoms. The zero-order valence-electron chi connectivity index (χ0n) is 10.6. The number of Topliss-reactive ketones (excluding diaryl/α,β-unsaturated/α-hetero) is 1. The predicted octanol–water partition coefficient (Wildman–Crippen LogP) is 1.77. The molecule has 3 nitrogen and oxygen atoms in total. The van der Waals surface area contributed by atoms with Crippen LogP contribution in [0.25, 0.3) is 0 Å². The third kappa shape index (κ3) is 1.78. The van der Waals surface area contributed by atoms with E-state index in [-0.39, 0.29) is 17.7 Å². The van der Waals surface area contributed by atoms with Crippen LogP contribution >= 0.6 is 0 Å². The fourth-order valence-corrected chi connectivity index (χ4v) is 3.55. The summed E-state index contributed by atoms with van der Waals surface area (Å²) in [4.78, 5) is 14.5. The average Bonchev–Trinajstić information content (AvgIpc) is 2.63. The van der Waals surface area contributed by atoms with E-state index in [0.717, 1.165) is 18.4 Å². The maximum atomic E-state index is 12.2. The molecule has 2 heterocycles. The van der Waals surface area contributed by atoms with Crippen LogP contribution in [0.1, 0.15) is 30.9 Å². The first-order chi connectivity index (χ1) is 8.68. The molecule has 1 aromatic carbocycles. The van der Waals surface area contributed by atoms with Gasteiger partial charge in [0.15, 0.2) is 0 Å². The van der Waals surface area contributed by atoms with Crippen molar-refractivity contribution in [1.29, 1.82) is 0 Å². The molecule has 0 amide bonds. The van der Waals surface area contributed by atoms with Crippen molar-refractivity contribution in [1.82, 2.24) is 4.90 Å². The van der Waals surface area contributed by atoms with Gasteiger partial charge in [-0.05, 0) is 25.5 Å². The number of rotatable bonds is 2. The number of carbonyl (C=O) groups is 1.